The lowest BCUT2D eigenvalue weighted by Crippen LogP contribution is -2.28. The van der Waals surface area contributed by atoms with Crippen LogP contribution in [0.4, 0.5) is 11.6 Å². The molecular formula is C35H41N7O4S. The van der Waals surface area contributed by atoms with E-state index in [-0.39, 0.29) is 24.5 Å². The van der Waals surface area contributed by atoms with Gasteiger partial charge in [0.15, 0.2) is 0 Å². The molecule has 4 heterocycles. The van der Waals surface area contributed by atoms with Crippen molar-refractivity contribution in [2.24, 2.45) is 5.92 Å². The van der Waals surface area contributed by atoms with Crippen molar-refractivity contribution in [3.8, 4) is 11.1 Å². The molecule has 1 aliphatic heterocycles. The van der Waals surface area contributed by atoms with E-state index >= 15 is 0 Å². The van der Waals surface area contributed by atoms with Crippen molar-refractivity contribution in [2.45, 2.75) is 46.6 Å². The molecule has 3 aromatic heterocycles. The maximum Gasteiger partial charge on any atom is 0.260 e. The van der Waals surface area contributed by atoms with Crippen LogP contribution in [0.3, 0.4) is 0 Å². The van der Waals surface area contributed by atoms with Crippen molar-refractivity contribution in [2.75, 3.05) is 37.9 Å². The highest BCUT2D eigenvalue weighted by atomic mass is 32.2. The zero-order valence-electron chi connectivity index (χ0n) is 27.3. The van der Waals surface area contributed by atoms with Gasteiger partial charge < -0.3 is 15.4 Å². The Bertz CT molecular complexity index is 2060. The van der Waals surface area contributed by atoms with Crippen molar-refractivity contribution in [1.29, 1.82) is 0 Å². The normalized spacial score (nSPS) is 14.1. The number of fused-ring (bicyclic) bond motifs is 1. The SMILES string of the molecule is COCCS(=O)(=O)n1nc(C)c(-c2cc3cnc(Nc4ccc(CC5CCNCC5)cc4)nc3n(Cc3ccccc3C)c2=O)c1C. The first-order chi connectivity index (χ1) is 22.6. The third kappa shape index (κ3) is 6.99. The molecule has 1 aliphatic rings. The number of hydrogen-bond donors (Lipinski definition) is 2. The summed E-state index contributed by atoms with van der Waals surface area (Å²) >= 11 is 0. The number of pyridine rings is 1. The fourth-order valence-electron chi connectivity index (χ4n) is 6.33. The van der Waals surface area contributed by atoms with Gasteiger partial charge in [-0.3, -0.25) is 9.36 Å². The van der Waals surface area contributed by atoms with Crippen LogP contribution in [0.2, 0.25) is 0 Å². The van der Waals surface area contributed by atoms with Gasteiger partial charge in [-0.25, -0.2) is 13.4 Å². The predicted molar refractivity (Wildman–Crippen MR) is 185 cm³/mol. The van der Waals surface area contributed by atoms with E-state index in [0.717, 1.165) is 40.4 Å². The number of ether oxygens (including phenoxy) is 1. The van der Waals surface area contributed by atoms with Crippen LogP contribution in [-0.2, 0) is 27.7 Å². The maximum absolute atomic E-state index is 14.4. The maximum atomic E-state index is 14.4. The van der Waals surface area contributed by atoms with Gasteiger partial charge in [-0.1, -0.05) is 36.4 Å². The lowest BCUT2D eigenvalue weighted by Gasteiger charge is -2.22. The number of methoxy groups -OCH3 is 1. The molecule has 1 fully saturated rings. The molecule has 12 heteroatoms. The van der Waals surface area contributed by atoms with Crippen LogP contribution < -0.4 is 16.2 Å². The molecule has 246 valence electrons. The molecule has 47 heavy (non-hydrogen) atoms. The first-order valence-electron chi connectivity index (χ1n) is 15.9. The number of aromatic nitrogens is 5. The monoisotopic (exact) mass is 655 g/mol. The van der Waals surface area contributed by atoms with E-state index in [1.165, 1.54) is 25.5 Å². The summed E-state index contributed by atoms with van der Waals surface area (Å²) < 4.78 is 33.8. The third-order valence-electron chi connectivity index (χ3n) is 8.94. The van der Waals surface area contributed by atoms with E-state index in [1.54, 1.807) is 30.7 Å². The molecule has 1 saturated heterocycles. The number of nitrogens with one attached hydrogen (secondary N) is 2. The first kappa shape index (κ1) is 32.5. The predicted octanol–water partition coefficient (Wildman–Crippen LogP) is 4.74. The van der Waals surface area contributed by atoms with Crippen LogP contribution >= 0.6 is 0 Å². The van der Waals surface area contributed by atoms with Gasteiger partial charge in [0.25, 0.3) is 15.6 Å². The summed E-state index contributed by atoms with van der Waals surface area (Å²) in [7, 11) is -2.34. The van der Waals surface area contributed by atoms with E-state index in [0.29, 0.717) is 45.4 Å². The quantitative estimate of drug-likeness (QED) is 0.207. The molecule has 0 radical (unpaired) electrons. The Morgan fingerprint density at radius 3 is 2.51 bits per heavy atom. The molecule has 0 bridgehead atoms. The zero-order chi connectivity index (χ0) is 33.1. The van der Waals surface area contributed by atoms with Crippen molar-refractivity contribution >= 4 is 32.7 Å². The summed E-state index contributed by atoms with van der Waals surface area (Å²) in [6.45, 7) is 7.85. The van der Waals surface area contributed by atoms with E-state index < -0.39 is 10.0 Å². The molecule has 0 amide bonds. The van der Waals surface area contributed by atoms with Crippen LogP contribution in [0.1, 0.15) is 40.9 Å². The smallest absolute Gasteiger partial charge is 0.260 e. The van der Waals surface area contributed by atoms with Crippen LogP contribution in [0.25, 0.3) is 22.2 Å². The van der Waals surface area contributed by atoms with Crippen molar-refractivity contribution in [3.05, 3.63) is 99.2 Å². The fraction of sp³-hybridized carbons (Fsp3) is 0.371. The van der Waals surface area contributed by atoms with Crippen molar-refractivity contribution < 1.29 is 13.2 Å². The Labute approximate surface area is 275 Å². The van der Waals surface area contributed by atoms with Gasteiger partial charge in [0.05, 0.1) is 35.9 Å². The van der Waals surface area contributed by atoms with Crippen molar-refractivity contribution in [1.82, 2.24) is 29.0 Å². The summed E-state index contributed by atoms with van der Waals surface area (Å²) in [5, 5.41) is 11.7. The Morgan fingerprint density at radius 1 is 1.04 bits per heavy atom. The first-order valence-corrected chi connectivity index (χ1v) is 17.6. The standard InChI is InChI=1S/C35H41N7O4S/c1-23-7-5-6-8-28(23)22-41-33-29(20-31(34(41)43)32-24(2)40-42(25(32)3)47(44,45)18-17-46-4)21-37-35(39-33)38-30-11-9-26(10-12-30)19-27-13-15-36-16-14-27/h5-12,20-21,27,36H,13-19,22H2,1-4H3,(H,37,38,39). The van der Waals surface area contributed by atoms with Crippen LogP contribution in [0, 0.1) is 26.7 Å². The molecule has 0 aliphatic carbocycles. The average molecular weight is 656 g/mol. The molecule has 0 spiro atoms. The number of anilines is 2. The second-order valence-electron chi connectivity index (χ2n) is 12.3. The number of piperidine rings is 1. The Balaban J connectivity index is 1.39. The largest absolute Gasteiger partial charge is 0.384 e. The van der Waals surface area contributed by atoms with Crippen LogP contribution in [0.15, 0.2) is 65.6 Å². The van der Waals surface area contributed by atoms with Crippen LogP contribution in [0.5, 0.6) is 0 Å². The molecule has 11 nitrogen and oxygen atoms in total. The number of benzene rings is 2. The minimum absolute atomic E-state index is 0.0332. The number of rotatable bonds is 11. The number of aryl methyl sites for hydroxylation is 2. The molecule has 2 N–H and O–H groups in total. The third-order valence-corrected chi connectivity index (χ3v) is 10.5. The zero-order valence-corrected chi connectivity index (χ0v) is 28.1. The van der Waals surface area contributed by atoms with Gasteiger partial charge >= 0.3 is 0 Å². The van der Waals surface area contributed by atoms with Gasteiger partial charge in [0, 0.05) is 29.9 Å². The lowest BCUT2D eigenvalue weighted by molar-refractivity contribution is 0.217. The molecule has 0 saturated carbocycles. The van der Waals surface area contributed by atoms with E-state index in [9.17, 15) is 13.2 Å². The van der Waals surface area contributed by atoms with Crippen LogP contribution in [-0.4, -0.2) is 64.7 Å². The minimum Gasteiger partial charge on any atom is -0.384 e. The number of nitrogens with zero attached hydrogens (tertiary/aromatic N) is 5. The topological polar surface area (TPSA) is 133 Å². The highest BCUT2D eigenvalue weighted by Crippen LogP contribution is 2.29. The Kier molecular flexibility index (Phi) is 9.53. The van der Waals surface area contributed by atoms with Crippen molar-refractivity contribution in [3.63, 3.8) is 0 Å². The molecule has 0 unspecified atom stereocenters. The molecule has 5 aromatic rings. The summed E-state index contributed by atoms with van der Waals surface area (Å²) in [5.74, 6) is 0.847. The summed E-state index contributed by atoms with van der Waals surface area (Å²) in [6.07, 6.45) is 5.16. The molecule has 2 aromatic carbocycles. The average Bonchev–Trinajstić information content (AvgIpc) is 3.37. The second kappa shape index (κ2) is 13.8. The van der Waals surface area contributed by atoms with Gasteiger partial charge in [-0.2, -0.15) is 14.2 Å². The van der Waals surface area contributed by atoms with E-state index in [4.69, 9.17) is 9.72 Å². The lowest BCUT2D eigenvalue weighted by atomic mass is 9.91. The summed E-state index contributed by atoms with van der Waals surface area (Å²) in [4.78, 5) is 23.8. The molecular weight excluding hydrogens is 614 g/mol. The van der Waals surface area contributed by atoms with E-state index in [1.807, 2.05) is 43.3 Å². The summed E-state index contributed by atoms with van der Waals surface area (Å²) in [5.41, 5.74) is 5.95. The minimum atomic E-state index is -3.79. The van der Waals surface area contributed by atoms with E-state index in [2.05, 4.69) is 32.8 Å². The van der Waals surface area contributed by atoms with Gasteiger partial charge in [0.2, 0.25) is 5.95 Å². The molecule has 0 atom stereocenters. The molecule has 6 rings (SSSR count). The Morgan fingerprint density at radius 2 is 1.79 bits per heavy atom. The highest BCUT2D eigenvalue weighted by Gasteiger charge is 2.25. The number of hydrogen-bond acceptors (Lipinski definition) is 9. The van der Waals surface area contributed by atoms with Gasteiger partial charge in [0.1, 0.15) is 5.65 Å². The fourth-order valence-corrected chi connectivity index (χ4v) is 7.64. The Hall–Kier alpha value is -4.39. The van der Waals surface area contributed by atoms with Gasteiger partial charge in [-0.15, -0.1) is 0 Å². The summed E-state index contributed by atoms with van der Waals surface area (Å²) in [6, 6.07) is 18.0. The highest BCUT2D eigenvalue weighted by molar-refractivity contribution is 7.89. The second-order valence-corrected chi connectivity index (χ2v) is 14.2. The van der Waals surface area contributed by atoms with Gasteiger partial charge in [-0.05, 0) is 93.9 Å².